The molecule has 8 heteroatoms. The molecule has 8 nitrogen and oxygen atoms in total. The van der Waals surface area contributed by atoms with Gasteiger partial charge in [-0.15, -0.1) is 0 Å². The van der Waals surface area contributed by atoms with Gasteiger partial charge in [0.1, 0.15) is 17.3 Å². The van der Waals surface area contributed by atoms with Crippen molar-refractivity contribution in [2.75, 3.05) is 38.5 Å². The average Bonchev–Trinajstić information content (AvgIpc) is 2.87. The van der Waals surface area contributed by atoms with Crippen LogP contribution in [0, 0.1) is 5.92 Å². The molecule has 0 aliphatic heterocycles. The van der Waals surface area contributed by atoms with Gasteiger partial charge < -0.3 is 25.0 Å². The molecule has 3 aromatic rings. The van der Waals surface area contributed by atoms with Crippen molar-refractivity contribution < 1.29 is 14.3 Å². The summed E-state index contributed by atoms with van der Waals surface area (Å²) in [6, 6.07) is 13.9. The summed E-state index contributed by atoms with van der Waals surface area (Å²) in [6.45, 7) is 0.433. The zero-order valence-electron chi connectivity index (χ0n) is 20.3. The lowest BCUT2D eigenvalue weighted by molar-refractivity contribution is -0.126. The largest absolute Gasteiger partial charge is 0.497 e. The normalized spacial score (nSPS) is 17.8. The zero-order chi connectivity index (χ0) is 24.1. The molecule has 4 rings (SSSR count). The lowest BCUT2D eigenvalue weighted by atomic mass is 9.85. The summed E-state index contributed by atoms with van der Waals surface area (Å²) in [7, 11) is 7.22. The van der Waals surface area contributed by atoms with E-state index in [1.54, 1.807) is 14.2 Å². The topological polar surface area (TPSA) is 88.6 Å². The van der Waals surface area contributed by atoms with Crippen LogP contribution in [0.3, 0.4) is 0 Å². The number of amides is 1. The Morgan fingerprint density at radius 2 is 1.79 bits per heavy atom. The fourth-order valence-corrected chi connectivity index (χ4v) is 4.47. The lowest BCUT2D eigenvalue weighted by Crippen LogP contribution is -2.36. The van der Waals surface area contributed by atoms with E-state index in [0.29, 0.717) is 18.2 Å². The Hall–Kier alpha value is -3.55. The minimum Gasteiger partial charge on any atom is -0.497 e. The number of carbonyl (C=O) groups excluding carboxylic acids is 1. The summed E-state index contributed by atoms with van der Waals surface area (Å²) in [4.78, 5) is 24.3. The van der Waals surface area contributed by atoms with Crippen molar-refractivity contribution >= 4 is 28.6 Å². The molecular weight excluding hydrogens is 430 g/mol. The van der Waals surface area contributed by atoms with E-state index in [1.807, 2.05) is 61.5 Å². The summed E-state index contributed by atoms with van der Waals surface area (Å²) in [5.41, 5.74) is 1.85. The van der Waals surface area contributed by atoms with Crippen LogP contribution in [-0.2, 0) is 11.3 Å². The van der Waals surface area contributed by atoms with Crippen LogP contribution < -0.4 is 25.0 Å². The number of benzene rings is 2. The third-order valence-electron chi connectivity index (χ3n) is 6.39. The Labute approximate surface area is 200 Å². The van der Waals surface area contributed by atoms with Gasteiger partial charge in [-0.2, -0.15) is 4.98 Å². The summed E-state index contributed by atoms with van der Waals surface area (Å²) in [5.74, 6) is 3.08. The number of ether oxygens (including phenoxy) is 2. The Kier molecular flexibility index (Phi) is 7.35. The van der Waals surface area contributed by atoms with Crippen molar-refractivity contribution in [2.45, 2.75) is 38.3 Å². The first-order valence-corrected chi connectivity index (χ1v) is 11.7. The van der Waals surface area contributed by atoms with E-state index >= 15 is 0 Å². The van der Waals surface area contributed by atoms with Crippen molar-refractivity contribution in [2.24, 2.45) is 5.92 Å². The van der Waals surface area contributed by atoms with Crippen LogP contribution in [0.4, 0.5) is 11.8 Å². The van der Waals surface area contributed by atoms with E-state index in [-0.39, 0.29) is 17.9 Å². The summed E-state index contributed by atoms with van der Waals surface area (Å²) in [5, 5.41) is 7.61. The van der Waals surface area contributed by atoms with Gasteiger partial charge in [-0.1, -0.05) is 12.1 Å². The minimum absolute atomic E-state index is 0.0113. The number of para-hydroxylation sites is 1. The van der Waals surface area contributed by atoms with Crippen LogP contribution in [0.25, 0.3) is 10.9 Å². The molecule has 34 heavy (non-hydrogen) atoms. The van der Waals surface area contributed by atoms with Crippen LogP contribution in [0.1, 0.15) is 31.2 Å². The van der Waals surface area contributed by atoms with Crippen molar-refractivity contribution in [3.05, 3.63) is 48.0 Å². The molecule has 1 aliphatic carbocycles. The van der Waals surface area contributed by atoms with Gasteiger partial charge in [-0.05, 0) is 49.9 Å². The molecule has 0 saturated heterocycles. The molecule has 1 saturated carbocycles. The number of nitrogens with one attached hydrogen (secondary N) is 2. The average molecular weight is 464 g/mol. The Morgan fingerprint density at radius 3 is 2.50 bits per heavy atom. The highest BCUT2D eigenvalue weighted by Crippen LogP contribution is 2.29. The van der Waals surface area contributed by atoms with Crippen molar-refractivity contribution in [1.82, 2.24) is 15.3 Å². The summed E-state index contributed by atoms with van der Waals surface area (Å²) >= 11 is 0. The van der Waals surface area contributed by atoms with Crippen LogP contribution >= 0.6 is 0 Å². The zero-order valence-corrected chi connectivity index (χ0v) is 20.3. The van der Waals surface area contributed by atoms with E-state index in [1.165, 1.54) is 0 Å². The van der Waals surface area contributed by atoms with Crippen molar-refractivity contribution in [3.63, 3.8) is 0 Å². The smallest absolute Gasteiger partial charge is 0.225 e. The fraction of sp³-hybridized carbons (Fsp3) is 0.423. The first-order valence-electron chi connectivity index (χ1n) is 11.7. The fourth-order valence-electron chi connectivity index (χ4n) is 4.47. The first kappa shape index (κ1) is 23.6. The second kappa shape index (κ2) is 10.6. The van der Waals surface area contributed by atoms with Gasteiger partial charge in [-0.3, -0.25) is 4.79 Å². The van der Waals surface area contributed by atoms with Gasteiger partial charge in [0.2, 0.25) is 11.9 Å². The molecule has 0 spiro atoms. The van der Waals surface area contributed by atoms with E-state index in [9.17, 15) is 4.79 Å². The second-order valence-electron chi connectivity index (χ2n) is 8.87. The van der Waals surface area contributed by atoms with Crippen LogP contribution in [0.15, 0.2) is 42.5 Å². The number of hydrogen-bond acceptors (Lipinski definition) is 7. The van der Waals surface area contributed by atoms with Crippen LogP contribution in [0.5, 0.6) is 11.5 Å². The monoisotopic (exact) mass is 463 g/mol. The molecule has 1 aromatic heterocycles. The molecule has 1 heterocycles. The molecule has 1 aliphatic rings. The maximum Gasteiger partial charge on any atom is 0.225 e. The SMILES string of the molecule is COc1ccc(CNC(=O)[C@H]2CC[C@@H](Nc3nc(N(C)C)c4ccccc4n3)CC2)c(OC)c1. The number of hydrogen-bond donors (Lipinski definition) is 2. The van der Waals surface area contributed by atoms with Gasteiger partial charge >= 0.3 is 0 Å². The minimum atomic E-state index is 0.0113. The van der Waals surface area contributed by atoms with E-state index in [2.05, 4.69) is 10.6 Å². The number of rotatable bonds is 8. The molecule has 180 valence electrons. The molecule has 0 unspecified atom stereocenters. The second-order valence-corrected chi connectivity index (χ2v) is 8.87. The third-order valence-corrected chi connectivity index (χ3v) is 6.39. The highest BCUT2D eigenvalue weighted by atomic mass is 16.5. The maximum atomic E-state index is 12.8. The first-order chi connectivity index (χ1) is 16.5. The van der Waals surface area contributed by atoms with E-state index in [0.717, 1.165) is 53.7 Å². The predicted molar refractivity (Wildman–Crippen MR) is 135 cm³/mol. The number of fused-ring (bicyclic) bond motifs is 1. The Bertz CT molecular complexity index is 1140. The molecule has 2 N–H and O–H groups in total. The predicted octanol–water partition coefficient (Wildman–Crippen LogP) is 4.00. The summed E-state index contributed by atoms with van der Waals surface area (Å²) < 4.78 is 10.7. The van der Waals surface area contributed by atoms with Crippen molar-refractivity contribution in [1.29, 1.82) is 0 Å². The third kappa shape index (κ3) is 5.32. The van der Waals surface area contributed by atoms with Gasteiger partial charge in [0.15, 0.2) is 0 Å². The van der Waals surface area contributed by atoms with E-state index < -0.39 is 0 Å². The quantitative estimate of drug-likeness (QED) is 0.522. The molecule has 1 fully saturated rings. The van der Waals surface area contributed by atoms with Crippen LogP contribution in [0.2, 0.25) is 0 Å². The summed E-state index contributed by atoms with van der Waals surface area (Å²) in [6.07, 6.45) is 3.46. The van der Waals surface area contributed by atoms with Gasteiger partial charge in [0.25, 0.3) is 0 Å². The maximum absolute atomic E-state index is 12.8. The lowest BCUT2D eigenvalue weighted by Gasteiger charge is -2.29. The van der Waals surface area contributed by atoms with Gasteiger partial charge in [0.05, 0.1) is 19.7 Å². The standard InChI is InChI=1S/C26H33N5O3/c1-31(2)24-21-7-5-6-8-22(21)29-26(30-24)28-19-12-9-17(10-13-19)25(32)27-16-18-11-14-20(33-3)15-23(18)34-4/h5-8,11,14-15,17,19H,9-10,12-13,16H2,1-4H3,(H,27,32)(H,28,29,30)/t17-,19+. The highest BCUT2D eigenvalue weighted by molar-refractivity contribution is 5.90. The molecular formula is C26H33N5O3. The molecule has 0 radical (unpaired) electrons. The number of aromatic nitrogens is 2. The Morgan fingerprint density at radius 1 is 1.03 bits per heavy atom. The molecule has 1 amide bonds. The van der Waals surface area contributed by atoms with Crippen LogP contribution in [-0.4, -0.2) is 50.2 Å². The highest BCUT2D eigenvalue weighted by Gasteiger charge is 2.27. The number of methoxy groups -OCH3 is 2. The van der Waals surface area contributed by atoms with Gasteiger partial charge in [0, 0.05) is 49.6 Å². The van der Waals surface area contributed by atoms with Gasteiger partial charge in [-0.25, -0.2) is 4.98 Å². The van der Waals surface area contributed by atoms with E-state index in [4.69, 9.17) is 19.4 Å². The number of nitrogens with zero attached hydrogens (tertiary/aromatic N) is 3. The molecule has 2 aromatic carbocycles. The number of carbonyl (C=O) groups is 1. The Balaban J connectivity index is 1.33. The molecule has 0 atom stereocenters. The molecule has 0 bridgehead atoms. The number of anilines is 2. The van der Waals surface area contributed by atoms with Crippen molar-refractivity contribution in [3.8, 4) is 11.5 Å².